The lowest BCUT2D eigenvalue weighted by atomic mass is 10.5. The van der Waals surface area contributed by atoms with Crippen molar-refractivity contribution in [1.82, 2.24) is 5.32 Å². The first-order valence-corrected chi connectivity index (χ1v) is 7.17. The summed E-state index contributed by atoms with van der Waals surface area (Å²) in [4.78, 5) is 0. The van der Waals surface area contributed by atoms with Gasteiger partial charge in [-0.15, -0.1) is 0 Å². The second-order valence-electron chi connectivity index (χ2n) is 3.46. The predicted octanol–water partition coefficient (Wildman–Crippen LogP) is 1.20. The largest absolute Gasteiger partial charge is 0.416 e. The van der Waals surface area contributed by atoms with Gasteiger partial charge in [0.05, 0.1) is 0 Å². The minimum absolute atomic E-state index is 0.916. The minimum Gasteiger partial charge on any atom is -0.416 e. The number of hydrogen-bond donors (Lipinski definition) is 1. The van der Waals surface area contributed by atoms with Crippen molar-refractivity contribution < 1.29 is 4.43 Å². The van der Waals surface area contributed by atoms with Crippen molar-refractivity contribution in [3.63, 3.8) is 0 Å². The predicted molar refractivity (Wildman–Crippen MR) is 45.7 cm³/mol. The molecule has 0 aromatic heterocycles. The summed E-state index contributed by atoms with van der Waals surface area (Å²) in [7, 11) is -1.21. The second kappa shape index (κ2) is 3.51. The SMILES string of the molecule is C[Si]1(C)CCCNCCO1. The molecule has 10 heavy (non-hydrogen) atoms. The standard InChI is InChI=1S/C7H17NOSi/c1-10(2)7-3-4-8-5-6-9-10/h8H,3-7H2,1-2H3. The van der Waals surface area contributed by atoms with Crippen molar-refractivity contribution in [3.05, 3.63) is 0 Å². The molecule has 60 valence electrons. The first-order chi connectivity index (χ1) is 4.71. The fourth-order valence-corrected chi connectivity index (χ4v) is 3.06. The third kappa shape index (κ3) is 2.81. The first kappa shape index (κ1) is 8.24. The van der Waals surface area contributed by atoms with Gasteiger partial charge >= 0.3 is 0 Å². The van der Waals surface area contributed by atoms with Crippen LogP contribution in [-0.2, 0) is 4.43 Å². The maximum absolute atomic E-state index is 5.75. The van der Waals surface area contributed by atoms with E-state index >= 15 is 0 Å². The van der Waals surface area contributed by atoms with Crippen LogP contribution in [0.1, 0.15) is 6.42 Å². The Bertz CT molecular complexity index is 95.8. The Kier molecular flexibility index (Phi) is 2.89. The molecule has 0 spiro atoms. The van der Waals surface area contributed by atoms with Gasteiger partial charge in [-0.2, -0.15) is 0 Å². The van der Waals surface area contributed by atoms with Crippen molar-refractivity contribution in [2.75, 3.05) is 19.7 Å². The van der Waals surface area contributed by atoms with E-state index in [9.17, 15) is 0 Å². The summed E-state index contributed by atoms with van der Waals surface area (Å²) >= 11 is 0. The van der Waals surface area contributed by atoms with Crippen LogP contribution >= 0.6 is 0 Å². The highest BCUT2D eigenvalue weighted by atomic mass is 28.4. The molecule has 1 saturated heterocycles. The average molecular weight is 159 g/mol. The van der Waals surface area contributed by atoms with E-state index in [0.717, 1.165) is 13.2 Å². The molecule has 0 saturated carbocycles. The van der Waals surface area contributed by atoms with Crippen LogP contribution in [0.3, 0.4) is 0 Å². The second-order valence-corrected chi connectivity index (χ2v) is 7.77. The number of nitrogens with one attached hydrogen (secondary N) is 1. The molecular formula is C7H17NOSi. The lowest BCUT2D eigenvalue weighted by molar-refractivity contribution is 0.294. The van der Waals surface area contributed by atoms with E-state index in [1.165, 1.54) is 19.0 Å². The van der Waals surface area contributed by atoms with Crippen LogP contribution in [0, 0.1) is 0 Å². The molecule has 0 aromatic rings. The van der Waals surface area contributed by atoms with Crippen LogP contribution in [0.25, 0.3) is 0 Å². The zero-order valence-electron chi connectivity index (χ0n) is 6.94. The fraction of sp³-hybridized carbons (Fsp3) is 1.00. The Hall–Kier alpha value is 0.137. The zero-order chi connectivity index (χ0) is 7.45. The Morgan fingerprint density at radius 2 is 2.10 bits per heavy atom. The normalized spacial score (nSPS) is 27.0. The van der Waals surface area contributed by atoms with Crippen LogP contribution in [0.4, 0.5) is 0 Å². The molecule has 0 bridgehead atoms. The molecule has 1 rings (SSSR count). The van der Waals surface area contributed by atoms with Crippen LogP contribution < -0.4 is 5.32 Å². The van der Waals surface area contributed by atoms with Crippen LogP contribution in [0.5, 0.6) is 0 Å². The summed E-state index contributed by atoms with van der Waals surface area (Å²) in [6.45, 7) is 7.74. The molecule has 0 amide bonds. The molecule has 1 aliphatic heterocycles. The minimum atomic E-state index is -1.21. The average Bonchev–Trinajstić information content (AvgIpc) is 1.81. The Balaban J connectivity index is 2.30. The Morgan fingerprint density at radius 3 is 2.90 bits per heavy atom. The van der Waals surface area contributed by atoms with Gasteiger partial charge in [-0.25, -0.2) is 0 Å². The van der Waals surface area contributed by atoms with E-state index in [1.807, 2.05) is 0 Å². The lowest BCUT2D eigenvalue weighted by Gasteiger charge is -2.25. The Labute approximate surface area is 64.1 Å². The van der Waals surface area contributed by atoms with E-state index in [2.05, 4.69) is 18.4 Å². The molecule has 1 fully saturated rings. The maximum atomic E-state index is 5.75. The topological polar surface area (TPSA) is 21.3 Å². The highest BCUT2D eigenvalue weighted by Gasteiger charge is 2.22. The summed E-state index contributed by atoms with van der Waals surface area (Å²) < 4.78 is 5.75. The molecular weight excluding hydrogens is 142 g/mol. The molecule has 1 aliphatic rings. The third-order valence-corrected chi connectivity index (χ3v) is 4.45. The van der Waals surface area contributed by atoms with E-state index in [-0.39, 0.29) is 0 Å². The lowest BCUT2D eigenvalue weighted by Crippen LogP contribution is -2.37. The molecule has 0 radical (unpaired) electrons. The summed E-state index contributed by atoms with van der Waals surface area (Å²) in [5.41, 5.74) is 0. The van der Waals surface area contributed by atoms with Gasteiger partial charge in [0.2, 0.25) is 0 Å². The van der Waals surface area contributed by atoms with Crippen molar-refractivity contribution in [2.24, 2.45) is 0 Å². The fourth-order valence-electron chi connectivity index (χ4n) is 1.24. The van der Waals surface area contributed by atoms with Crippen molar-refractivity contribution >= 4 is 8.32 Å². The van der Waals surface area contributed by atoms with Gasteiger partial charge < -0.3 is 9.74 Å². The number of rotatable bonds is 0. The summed E-state index contributed by atoms with van der Waals surface area (Å²) in [6.07, 6.45) is 1.29. The van der Waals surface area contributed by atoms with Gasteiger partial charge in [0, 0.05) is 13.2 Å². The zero-order valence-corrected chi connectivity index (χ0v) is 7.94. The summed E-state index contributed by atoms with van der Waals surface area (Å²) in [5.74, 6) is 0. The summed E-state index contributed by atoms with van der Waals surface area (Å²) in [5, 5.41) is 3.32. The smallest absolute Gasteiger partial charge is 0.186 e. The highest BCUT2D eigenvalue weighted by molar-refractivity contribution is 6.71. The van der Waals surface area contributed by atoms with Gasteiger partial charge in [-0.05, 0) is 32.1 Å². The maximum Gasteiger partial charge on any atom is 0.186 e. The van der Waals surface area contributed by atoms with Crippen molar-refractivity contribution in [2.45, 2.75) is 25.6 Å². The van der Waals surface area contributed by atoms with Gasteiger partial charge in [0.25, 0.3) is 0 Å². The van der Waals surface area contributed by atoms with Crippen LogP contribution in [0.15, 0.2) is 0 Å². The van der Waals surface area contributed by atoms with E-state index in [1.54, 1.807) is 0 Å². The quantitative estimate of drug-likeness (QED) is 0.536. The number of hydrogen-bond acceptors (Lipinski definition) is 2. The van der Waals surface area contributed by atoms with Crippen LogP contribution in [0.2, 0.25) is 19.1 Å². The molecule has 1 heterocycles. The van der Waals surface area contributed by atoms with Gasteiger partial charge in [-0.3, -0.25) is 0 Å². The molecule has 0 aliphatic carbocycles. The van der Waals surface area contributed by atoms with Crippen molar-refractivity contribution in [1.29, 1.82) is 0 Å². The molecule has 0 unspecified atom stereocenters. The van der Waals surface area contributed by atoms with Crippen LogP contribution in [-0.4, -0.2) is 28.0 Å². The van der Waals surface area contributed by atoms with Gasteiger partial charge in [-0.1, -0.05) is 0 Å². The van der Waals surface area contributed by atoms with Gasteiger partial charge in [0.1, 0.15) is 0 Å². The Morgan fingerprint density at radius 1 is 1.30 bits per heavy atom. The highest BCUT2D eigenvalue weighted by Crippen LogP contribution is 2.13. The summed E-state index contributed by atoms with van der Waals surface area (Å²) in [6, 6.07) is 1.31. The monoisotopic (exact) mass is 159 g/mol. The molecule has 3 heteroatoms. The van der Waals surface area contributed by atoms with E-state index < -0.39 is 8.32 Å². The molecule has 2 nitrogen and oxygen atoms in total. The van der Waals surface area contributed by atoms with Crippen molar-refractivity contribution in [3.8, 4) is 0 Å². The molecule has 1 N–H and O–H groups in total. The first-order valence-electron chi connectivity index (χ1n) is 4.05. The molecule has 0 atom stereocenters. The van der Waals surface area contributed by atoms with E-state index in [0.29, 0.717) is 0 Å². The van der Waals surface area contributed by atoms with E-state index in [4.69, 9.17) is 4.43 Å². The van der Waals surface area contributed by atoms with Gasteiger partial charge in [0.15, 0.2) is 8.32 Å². The third-order valence-electron chi connectivity index (χ3n) is 1.90. The molecule has 0 aromatic carbocycles.